The lowest BCUT2D eigenvalue weighted by Gasteiger charge is -2.43. The topological polar surface area (TPSA) is 56.3 Å². The van der Waals surface area contributed by atoms with E-state index in [1.165, 1.54) is 10.4 Å². The summed E-state index contributed by atoms with van der Waals surface area (Å²) in [5.41, 5.74) is 8.06. The second kappa shape index (κ2) is 22.2. The van der Waals surface area contributed by atoms with E-state index >= 15 is 0 Å². The summed E-state index contributed by atoms with van der Waals surface area (Å²) >= 11 is 1.67. The number of nitrogens with zero attached hydrogens (tertiary/aromatic N) is 5. The molecular weight excluding hydrogens is 919 g/mol. The number of hydrogen-bond donors (Lipinski definition) is 0. The number of ether oxygens (including phenoxy) is 1. The molecule has 0 amide bonds. The molecule has 0 aliphatic carbocycles. The summed E-state index contributed by atoms with van der Waals surface area (Å²) in [6, 6.07) is 64.3. The predicted molar refractivity (Wildman–Crippen MR) is 306 cm³/mol. The van der Waals surface area contributed by atoms with Crippen molar-refractivity contribution in [2.45, 2.75) is 52.2 Å². The maximum atomic E-state index is 9.72. The van der Waals surface area contributed by atoms with Gasteiger partial charge in [-0.3, -0.25) is 0 Å². The summed E-state index contributed by atoms with van der Waals surface area (Å²) in [6.45, 7) is 23.1. The molecule has 2 heterocycles. The van der Waals surface area contributed by atoms with E-state index in [-0.39, 0.29) is 5.04 Å². The van der Waals surface area contributed by atoms with Crippen LogP contribution in [-0.2, 0) is 14.8 Å². The van der Waals surface area contributed by atoms with Crippen LogP contribution in [0.15, 0.2) is 205 Å². The number of anilines is 5. The zero-order valence-corrected chi connectivity index (χ0v) is 44.5. The second-order valence-electron chi connectivity index (χ2n) is 19.3. The highest BCUT2D eigenvalue weighted by molar-refractivity contribution is 7.13. The molecule has 0 saturated carbocycles. The molecule has 6 aromatic carbocycles. The van der Waals surface area contributed by atoms with Gasteiger partial charge in [0.25, 0.3) is 8.32 Å². The molecule has 362 valence electrons. The summed E-state index contributed by atoms with van der Waals surface area (Å²) in [6.07, 6.45) is 8.28. The van der Waals surface area contributed by atoms with Crippen molar-refractivity contribution in [3.05, 3.63) is 237 Å². The minimum Gasteiger partial charge on any atom is -0.489 e. The van der Waals surface area contributed by atoms with Crippen LogP contribution in [0.25, 0.3) is 23.1 Å². The molecule has 0 fully saturated rings. The first-order valence-electron chi connectivity index (χ1n) is 24.5. The maximum absolute atomic E-state index is 9.72. The number of allylic oxidation sites excluding steroid dienone is 1. The zero-order chi connectivity index (χ0) is 50.9. The number of benzene rings is 6. The van der Waals surface area contributed by atoms with Gasteiger partial charge < -0.3 is 23.9 Å². The molecule has 8 rings (SSSR count). The van der Waals surface area contributed by atoms with Crippen molar-refractivity contribution in [2.75, 3.05) is 48.5 Å². The van der Waals surface area contributed by atoms with Gasteiger partial charge in [-0.05, 0) is 132 Å². The molecule has 9 heteroatoms. The van der Waals surface area contributed by atoms with Gasteiger partial charge in [-0.2, -0.15) is 5.26 Å². The molecule has 0 spiro atoms. The zero-order valence-electron chi connectivity index (χ0n) is 42.6. The summed E-state index contributed by atoms with van der Waals surface area (Å²) in [7, 11) is 1.47. The number of thiophene rings is 1. The van der Waals surface area contributed by atoms with Crippen LogP contribution in [0.4, 0.5) is 28.4 Å². The van der Waals surface area contributed by atoms with E-state index in [4.69, 9.17) is 15.7 Å². The molecule has 0 bridgehead atoms. The van der Waals surface area contributed by atoms with E-state index in [0.717, 1.165) is 68.0 Å². The van der Waals surface area contributed by atoms with Gasteiger partial charge >= 0.3 is 0 Å². The highest BCUT2D eigenvalue weighted by Crippen LogP contribution is 2.48. The van der Waals surface area contributed by atoms with Crippen LogP contribution in [0.3, 0.4) is 0 Å². The normalized spacial score (nSPS) is 15.6. The highest BCUT2D eigenvalue weighted by atomic mass is 32.1. The Morgan fingerprint density at radius 1 is 0.694 bits per heavy atom. The first-order valence-corrected chi connectivity index (χ1v) is 27.2. The standard InChI is InChI=1S/C63H63N5O2SSi/c1-10-67(44-45-69-72(62(3,4)5,57-22-16-12-17-23-57)58-24-18-13-19-25-58)51-33-37-54(38-34-51)68(53-35-31-50(32-36-53)66(8)9)52-29-26-48(27-30-52)28-39-55-40-41-56(71-55)42-43-59-60(65-7)61(47(2)46-64)70-63(59,6)49-20-14-11-15-21-49/h11-43H,10,44-45H2,1-6,8-9H3/b39-28+,43-42+,61-47+. The van der Waals surface area contributed by atoms with E-state index < -0.39 is 13.9 Å². The van der Waals surface area contributed by atoms with Gasteiger partial charge in [-0.1, -0.05) is 136 Å². The fourth-order valence-electron chi connectivity index (χ4n) is 9.61. The van der Waals surface area contributed by atoms with Crippen LogP contribution in [0.1, 0.15) is 62.4 Å². The Morgan fingerprint density at radius 2 is 1.18 bits per heavy atom. The minimum absolute atomic E-state index is 0.0875. The Morgan fingerprint density at radius 3 is 1.67 bits per heavy atom. The van der Waals surface area contributed by atoms with E-state index in [0.29, 0.717) is 23.6 Å². The fourth-order valence-corrected chi connectivity index (χ4v) is 15.0. The Labute approximate surface area is 432 Å². The Hall–Kier alpha value is -7.66. The summed E-state index contributed by atoms with van der Waals surface area (Å²) < 4.78 is 13.7. The molecule has 72 heavy (non-hydrogen) atoms. The number of nitriles is 1. The van der Waals surface area contributed by atoms with Crippen molar-refractivity contribution in [2.24, 2.45) is 0 Å². The average Bonchev–Trinajstić information content (AvgIpc) is 3.99. The smallest absolute Gasteiger partial charge is 0.261 e. The lowest BCUT2D eigenvalue weighted by Crippen LogP contribution is -2.67. The molecule has 1 aliphatic heterocycles. The van der Waals surface area contributed by atoms with Gasteiger partial charge in [0.15, 0.2) is 0 Å². The number of likely N-dealkylation sites (N-methyl/N-ethyl adjacent to an activating group) is 1. The van der Waals surface area contributed by atoms with Crippen LogP contribution in [0.2, 0.25) is 5.04 Å². The third kappa shape index (κ3) is 10.7. The minimum atomic E-state index is -2.66. The number of hydrogen-bond acceptors (Lipinski definition) is 7. The molecule has 0 N–H and O–H groups in total. The molecule has 1 aliphatic rings. The van der Waals surface area contributed by atoms with Crippen molar-refractivity contribution in [1.82, 2.24) is 0 Å². The average molecular weight is 982 g/mol. The predicted octanol–water partition coefficient (Wildman–Crippen LogP) is 14.8. The van der Waals surface area contributed by atoms with Gasteiger partial charge in [0.1, 0.15) is 11.4 Å². The molecule has 7 aromatic rings. The molecule has 1 aromatic heterocycles. The molecule has 0 saturated heterocycles. The van der Waals surface area contributed by atoms with Gasteiger partial charge in [-0.25, -0.2) is 4.85 Å². The molecule has 0 radical (unpaired) electrons. The van der Waals surface area contributed by atoms with E-state index in [1.54, 1.807) is 18.3 Å². The summed E-state index contributed by atoms with van der Waals surface area (Å²) in [5, 5.41) is 12.2. The lowest BCUT2D eigenvalue weighted by molar-refractivity contribution is 0.0750. The van der Waals surface area contributed by atoms with Crippen molar-refractivity contribution in [1.29, 1.82) is 5.26 Å². The van der Waals surface area contributed by atoms with E-state index in [2.05, 4.69) is 225 Å². The van der Waals surface area contributed by atoms with E-state index in [1.807, 2.05) is 49.4 Å². The molecule has 7 nitrogen and oxygen atoms in total. The largest absolute Gasteiger partial charge is 0.489 e. The van der Waals surface area contributed by atoms with Gasteiger partial charge in [0.05, 0.1) is 24.8 Å². The first kappa shape index (κ1) is 50.7. The van der Waals surface area contributed by atoms with Crippen LogP contribution in [0.5, 0.6) is 0 Å². The first-order chi connectivity index (χ1) is 34.8. The lowest BCUT2D eigenvalue weighted by atomic mass is 9.87. The third-order valence-electron chi connectivity index (χ3n) is 13.5. The third-order valence-corrected chi connectivity index (χ3v) is 19.5. The van der Waals surface area contributed by atoms with Crippen molar-refractivity contribution >= 4 is 76.7 Å². The monoisotopic (exact) mass is 981 g/mol. The van der Waals surface area contributed by atoms with Gasteiger partial charge in [-0.15, -0.1) is 11.3 Å². The quantitative estimate of drug-likeness (QED) is 0.0515. The van der Waals surface area contributed by atoms with Gasteiger partial charge in [0, 0.05) is 70.9 Å². The SMILES string of the molecule is [C-]#[N+]C1=C(/C=C/c2ccc(/C=C/c3ccc(N(c4ccc(N(C)C)cc4)c4ccc(N(CC)CCO[Si](c5ccccc5)(c5ccccc5)C(C)(C)C)cc4)cc3)s2)C(C)(c2ccccc2)O/C1=C(\C)C#N. The van der Waals surface area contributed by atoms with Crippen molar-refractivity contribution in [3.8, 4) is 6.07 Å². The summed E-state index contributed by atoms with van der Waals surface area (Å²) in [4.78, 5) is 12.8. The molecule has 1 unspecified atom stereocenters. The van der Waals surface area contributed by atoms with Crippen molar-refractivity contribution < 1.29 is 9.16 Å². The summed E-state index contributed by atoms with van der Waals surface area (Å²) in [5.74, 6) is 0.339. The van der Waals surface area contributed by atoms with Crippen LogP contribution < -0.4 is 25.1 Å². The van der Waals surface area contributed by atoms with Crippen LogP contribution in [0, 0.1) is 17.9 Å². The fraction of sp³-hybridized carbons (Fsp3) is 0.206. The second-order valence-corrected chi connectivity index (χ2v) is 24.7. The Kier molecular flexibility index (Phi) is 15.6. The number of rotatable bonds is 17. The highest BCUT2D eigenvalue weighted by Gasteiger charge is 2.50. The molecule has 1 atom stereocenters. The van der Waals surface area contributed by atoms with Gasteiger partial charge in [0.2, 0.25) is 5.70 Å². The van der Waals surface area contributed by atoms with E-state index in [9.17, 15) is 5.26 Å². The maximum Gasteiger partial charge on any atom is 0.261 e. The Balaban J connectivity index is 1.01. The molecular formula is C63H63N5O2SSi. The van der Waals surface area contributed by atoms with Crippen molar-refractivity contribution in [3.63, 3.8) is 0 Å². The van der Waals surface area contributed by atoms with Crippen LogP contribution >= 0.6 is 11.3 Å². The Bertz CT molecular complexity index is 3120. The van der Waals surface area contributed by atoms with Crippen LogP contribution in [-0.4, -0.2) is 42.1 Å².